The van der Waals surface area contributed by atoms with Crippen LogP contribution in [0.15, 0.2) is 193 Å². The van der Waals surface area contributed by atoms with E-state index in [2.05, 4.69) is 142 Å². The van der Waals surface area contributed by atoms with E-state index in [1.54, 1.807) is 31.4 Å². The molecule has 5 aromatic heterocycles. The molecule has 0 spiro atoms. The number of aromatic amines is 5. The number of H-pyrrole nitrogens is 5. The van der Waals surface area contributed by atoms with Crippen LogP contribution in [0.2, 0.25) is 20.1 Å². The number of benzene rings is 9. The van der Waals surface area contributed by atoms with Crippen LogP contribution in [0.5, 0.6) is 11.5 Å². The molecule has 0 amide bonds. The molecular formula is C86H81BrCl4F3N11O4. The minimum absolute atomic E-state index is 0.125. The van der Waals surface area contributed by atoms with Crippen LogP contribution < -0.4 is 36.2 Å². The Bertz CT molecular complexity index is 5660. The Kier molecular flexibility index (Phi) is 22.1. The zero-order valence-corrected chi connectivity index (χ0v) is 64.7. The van der Waals surface area contributed by atoms with Crippen molar-refractivity contribution in [2.45, 2.75) is 87.9 Å². The van der Waals surface area contributed by atoms with E-state index >= 15 is 0 Å². The number of hydrogen-bond acceptors (Lipinski definition) is 9. The molecule has 0 saturated carbocycles. The summed E-state index contributed by atoms with van der Waals surface area (Å²) in [4.78, 5) is 31.2. The van der Waals surface area contributed by atoms with E-state index in [1.807, 2.05) is 97.1 Å². The van der Waals surface area contributed by atoms with Crippen molar-refractivity contribution in [1.82, 2.24) is 51.5 Å². The number of rotatable bonds is 8. The van der Waals surface area contributed by atoms with Gasteiger partial charge in [0.15, 0.2) is 0 Å². The summed E-state index contributed by atoms with van der Waals surface area (Å²) >= 11 is 28.0. The summed E-state index contributed by atoms with van der Waals surface area (Å²) in [6.45, 7) is 5.88. The van der Waals surface area contributed by atoms with Gasteiger partial charge in [-0.15, -0.1) is 0 Å². The maximum absolute atomic E-state index is 13.0. The fourth-order valence-electron chi connectivity index (χ4n) is 16.1. The number of alkyl halides is 3. The fraction of sp³-hybridized carbons (Fsp3) is 0.244. The van der Waals surface area contributed by atoms with Gasteiger partial charge >= 0.3 is 12.1 Å². The molecule has 560 valence electrons. The third kappa shape index (κ3) is 15.8. The topological polar surface area (TPSA) is 209 Å². The third-order valence-corrected chi connectivity index (χ3v) is 22.8. The number of methoxy groups -OCH3 is 1. The number of aliphatic carboxylic acids is 1. The van der Waals surface area contributed by atoms with E-state index in [-0.39, 0.29) is 24.2 Å². The van der Waals surface area contributed by atoms with Gasteiger partial charge in [-0.1, -0.05) is 118 Å². The second-order valence-electron chi connectivity index (χ2n) is 28.3. The van der Waals surface area contributed by atoms with Gasteiger partial charge in [0, 0.05) is 159 Å². The number of nitrogens with zero attached hydrogens (tertiary/aromatic N) is 1. The first-order valence-corrected chi connectivity index (χ1v) is 38.7. The Morgan fingerprint density at radius 3 is 1.32 bits per heavy atom. The first kappa shape index (κ1) is 75.2. The van der Waals surface area contributed by atoms with Gasteiger partial charge in [-0.05, 0) is 228 Å². The lowest BCUT2D eigenvalue weighted by Gasteiger charge is -2.29. The average molecular weight is 1610 g/mol. The number of fused-ring (bicyclic) bond motifs is 15. The molecule has 0 aliphatic carbocycles. The highest BCUT2D eigenvalue weighted by Crippen LogP contribution is 2.42. The normalized spacial score (nSPS) is 18.5. The maximum Gasteiger partial charge on any atom is 0.416 e. The number of ether oxygens (including phenoxy) is 1. The van der Waals surface area contributed by atoms with Crippen LogP contribution >= 0.6 is 62.3 Å². The molecule has 0 radical (unpaired) electrons. The molecule has 0 fully saturated rings. The molecule has 19 rings (SSSR count). The van der Waals surface area contributed by atoms with E-state index in [9.17, 15) is 28.2 Å². The van der Waals surface area contributed by atoms with Crippen LogP contribution in [-0.2, 0) is 43.1 Å². The van der Waals surface area contributed by atoms with Crippen molar-refractivity contribution in [2.24, 2.45) is 0 Å². The van der Waals surface area contributed by atoms with Crippen molar-refractivity contribution in [3.8, 4) is 11.5 Å². The second-order valence-corrected chi connectivity index (χ2v) is 30.9. The lowest BCUT2D eigenvalue weighted by molar-refractivity contribution is -0.140. The van der Waals surface area contributed by atoms with Crippen molar-refractivity contribution < 1.29 is 32.9 Å². The number of carbonyl (C=O) groups is 1. The molecule has 10 heterocycles. The van der Waals surface area contributed by atoms with E-state index < -0.39 is 23.8 Å². The van der Waals surface area contributed by atoms with Gasteiger partial charge in [0.05, 0.1) is 36.8 Å². The number of aromatic nitrogens is 5. The largest absolute Gasteiger partial charge is 0.508 e. The first-order chi connectivity index (χ1) is 52.6. The smallest absolute Gasteiger partial charge is 0.416 e. The van der Waals surface area contributed by atoms with E-state index in [1.165, 1.54) is 78.8 Å². The number of phenols is 1. The molecule has 12 N–H and O–H groups in total. The molecule has 9 aromatic carbocycles. The van der Waals surface area contributed by atoms with E-state index in [4.69, 9.17) is 51.1 Å². The van der Waals surface area contributed by atoms with Crippen LogP contribution in [0.1, 0.15) is 128 Å². The zero-order chi connectivity index (χ0) is 75.9. The predicted molar refractivity (Wildman–Crippen MR) is 438 cm³/mol. The zero-order valence-electron chi connectivity index (χ0n) is 60.1. The molecule has 5 aliphatic rings. The summed E-state index contributed by atoms with van der Waals surface area (Å²) in [6.07, 6.45) is 1.15. The molecule has 5 aliphatic heterocycles. The average Bonchev–Trinajstić information content (AvgIpc) is 1.64. The Morgan fingerprint density at radius 1 is 0.486 bits per heavy atom. The van der Waals surface area contributed by atoms with Crippen molar-refractivity contribution in [3.05, 3.63) is 297 Å². The van der Waals surface area contributed by atoms with Gasteiger partial charge in [0.2, 0.25) is 0 Å². The Morgan fingerprint density at radius 2 is 0.881 bits per heavy atom. The third-order valence-electron chi connectivity index (χ3n) is 21.4. The maximum atomic E-state index is 13.0. The Labute approximate surface area is 656 Å². The summed E-state index contributed by atoms with van der Waals surface area (Å²) in [5.74, 6) is 0.224. The second kappa shape index (κ2) is 32.0. The van der Waals surface area contributed by atoms with Crippen LogP contribution in [0.3, 0.4) is 0 Å². The molecule has 6 atom stereocenters. The van der Waals surface area contributed by atoms with Gasteiger partial charge in [-0.25, -0.2) is 0 Å². The molecule has 0 saturated heterocycles. The Balaban J connectivity index is 0.000000109. The minimum Gasteiger partial charge on any atom is -0.508 e. The fourth-order valence-corrected chi connectivity index (χ4v) is 17.1. The molecule has 23 heteroatoms. The van der Waals surface area contributed by atoms with Crippen molar-refractivity contribution in [1.29, 1.82) is 0 Å². The van der Waals surface area contributed by atoms with Gasteiger partial charge in [-0.2, -0.15) is 13.2 Å². The first-order valence-electron chi connectivity index (χ1n) is 36.4. The quantitative estimate of drug-likeness (QED) is 0.0693. The van der Waals surface area contributed by atoms with Gasteiger partial charge in [0.1, 0.15) is 17.5 Å². The molecule has 15 nitrogen and oxygen atoms in total. The number of carboxylic acid groups (broad SMARTS) is 1. The van der Waals surface area contributed by atoms with Gasteiger partial charge in [0.25, 0.3) is 0 Å². The molecular weight excluding hydrogens is 1530 g/mol. The number of phenolic OH excluding ortho intramolecular Hbond substituents is 1. The van der Waals surface area contributed by atoms with Crippen molar-refractivity contribution >= 4 is 129 Å². The standard InChI is InChI=1S/C19H17BrN2O3.C19H20ClN3.C18H14ClF3N2.C17H15ClN2O.C13H15ClN2/c1-25-12-5-2-10(3-6-12)17-18-14(9-16(22-17)19(23)24)13-8-11(20)4-7-15(13)21-18;1-23(2)14-6-3-12(4-7-14)18-19-15(9-10-21-18)16-11-13(20)5-8-17(16)22-19;19-12-4-5-15-14(9-12)13-6-7-23-16(17(13)24-15)10-2-1-3-11(8-10)18(20,21)22;18-11-3-6-15-14(9-11)13-7-8-19-16(17(13)20-15)10-1-4-12(21)5-2-10;1-2-11-13-9(5-6-15-11)10-7-8(14)3-4-12(10)16-13/h2-8,16-17,21-22H,9H2,1H3,(H,23,24);3-8,11,18,21-22H,9-10H2,1-2H3;1-5,8-9,16,23-24H,6-7H2;1-6,9,16,19-21H,7-8H2;3-4,7,11,15-16H,2,5-6H2,1H3. The highest BCUT2D eigenvalue weighted by atomic mass is 79.9. The van der Waals surface area contributed by atoms with Crippen molar-refractivity contribution in [3.63, 3.8) is 0 Å². The molecule has 6 unspecified atom stereocenters. The number of anilines is 1. The lowest BCUT2D eigenvalue weighted by Crippen LogP contribution is -2.44. The summed E-state index contributed by atoms with van der Waals surface area (Å²) in [7, 11) is 5.75. The minimum atomic E-state index is -4.35. The summed E-state index contributed by atoms with van der Waals surface area (Å²) in [5.41, 5.74) is 22.2. The van der Waals surface area contributed by atoms with E-state index in [0.717, 1.165) is 150 Å². The summed E-state index contributed by atoms with van der Waals surface area (Å²) in [6, 6.07) is 58.8. The highest BCUT2D eigenvalue weighted by Gasteiger charge is 2.36. The predicted octanol–water partition coefficient (Wildman–Crippen LogP) is 20.0. The van der Waals surface area contributed by atoms with Crippen LogP contribution in [0.4, 0.5) is 18.9 Å². The SMILES string of the molecule is CCC1NCCc2c1[nH]c1ccc(Cl)cc21.CN(C)c1ccc(C2NCCc3c2[nH]c2ccc(Cl)cc32)cc1.COc1ccc(C2NC(C(=O)O)Cc3c2[nH]c2ccc(Br)cc32)cc1.FC(F)(F)c1cccc(C2NCCc3c2[nH]c2ccc(Cl)cc32)c1.Oc1ccc(C2NCCc3c2[nH]c2ccc(Cl)cc32)cc1. The number of carboxylic acids is 1. The summed E-state index contributed by atoms with van der Waals surface area (Å²) in [5, 5.41) is 45.2. The monoisotopic (exact) mass is 1610 g/mol. The van der Waals surface area contributed by atoms with Gasteiger partial charge < -0.3 is 66.0 Å². The molecule has 109 heavy (non-hydrogen) atoms. The molecule has 0 bridgehead atoms. The van der Waals surface area contributed by atoms with Crippen LogP contribution in [0, 0.1) is 0 Å². The highest BCUT2D eigenvalue weighted by molar-refractivity contribution is 9.10. The molecule has 14 aromatic rings. The van der Waals surface area contributed by atoms with Crippen molar-refractivity contribution in [2.75, 3.05) is 52.3 Å². The number of nitrogens with one attached hydrogen (secondary N) is 10. The number of hydrogen-bond donors (Lipinski definition) is 12. The van der Waals surface area contributed by atoms with Gasteiger partial charge in [-0.3, -0.25) is 10.1 Å². The van der Waals surface area contributed by atoms with Crippen LogP contribution in [-0.4, -0.2) is 94.5 Å². The Hall–Kier alpha value is -9.22. The van der Waals surface area contributed by atoms with Crippen LogP contribution in [0.25, 0.3) is 54.5 Å². The number of aromatic hydroxyl groups is 1. The number of halogens is 8. The summed E-state index contributed by atoms with van der Waals surface area (Å²) < 4.78 is 45.2. The lowest BCUT2D eigenvalue weighted by atomic mass is 9.90. The van der Waals surface area contributed by atoms with E-state index in [0.29, 0.717) is 35.3 Å².